The number of hydrogen-bond donors (Lipinski definition) is 1. The van der Waals surface area contributed by atoms with E-state index in [4.69, 9.17) is 4.74 Å². The molecule has 3 nitrogen and oxygen atoms in total. The standard InChI is InChI=1S/C29H25NO2/c1-18-7-13-23-22(15-18)5-4-6-25(23)28(20-9-11-21(12-10-20)29(31)32-3)26-17-30-27-16-19(2)8-14-24(26)27/h4-17,28,30H,1-3H3. The lowest BCUT2D eigenvalue weighted by molar-refractivity contribution is 0.0600. The zero-order chi connectivity index (χ0) is 22.2. The Hall–Kier alpha value is -3.85. The lowest BCUT2D eigenvalue weighted by Gasteiger charge is -2.21. The maximum absolute atomic E-state index is 12.0. The van der Waals surface area contributed by atoms with E-state index >= 15 is 0 Å². The number of nitrogens with one attached hydrogen (secondary N) is 1. The number of aryl methyl sites for hydroxylation is 2. The normalized spacial score (nSPS) is 12.2. The molecular formula is C29H25NO2. The van der Waals surface area contributed by atoms with Crippen LogP contribution in [0.4, 0.5) is 0 Å². The minimum atomic E-state index is -0.323. The predicted octanol–water partition coefficient (Wildman–Crippen LogP) is 6.90. The molecule has 5 rings (SSSR count). The largest absolute Gasteiger partial charge is 0.465 e. The highest BCUT2D eigenvalue weighted by Gasteiger charge is 2.22. The van der Waals surface area contributed by atoms with Crippen molar-refractivity contribution in [1.82, 2.24) is 4.98 Å². The summed E-state index contributed by atoms with van der Waals surface area (Å²) in [6.45, 7) is 4.23. The summed E-state index contributed by atoms with van der Waals surface area (Å²) in [5.41, 5.74) is 7.76. The van der Waals surface area contributed by atoms with Crippen molar-refractivity contribution < 1.29 is 9.53 Å². The number of carbonyl (C=O) groups is 1. The highest BCUT2D eigenvalue weighted by Crippen LogP contribution is 2.39. The molecule has 0 saturated carbocycles. The average molecular weight is 420 g/mol. The van der Waals surface area contributed by atoms with Crippen molar-refractivity contribution in [1.29, 1.82) is 0 Å². The van der Waals surface area contributed by atoms with Crippen LogP contribution < -0.4 is 0 Å². The number of aromatic nitrogens is 1. The summed E-state index contributed by atoms with van der Waals surface area (Å²) in [5.74, 6) is -0.305. The fourth-order valence-corrected chi connectivity index (χ4v) is 4.64. The number of hydrogen-bond acceptors (Lipinski definition) is 2. The first kappa shape index (κ1) is 20.1. The Kier molecular flexibility index (Phi) is 5.02. The molecule has 0 radical (unpaired) electrons. The van der Waals surface area contributed by atoms with Crippen LogP contribution in [0.5, 0.6) is 0 Å². The average Bonchev–Trinajstić information content (AvgIpc) is 3.21. The number of ether oxygens (including phenoxy) is 1. The number of carbonyl (C=O) groups excluding carboxylic acids is 1. The highest BCUT2D eigenvalue weighted by molar-refractivity contribution is 5.91. The molecule has 0 saturated heterocycles. The Morgan fingerprint density at radius 2 is 1.53 bits per heavy atom. The number of H-pyrrole nitrogens is 1. The van der Waals surface area contributed by atoms with Crippen LogP contribution in [-0.2, 0) is 4.74 Å². The van der Waals surface area contributed by atoms with Gasteiger partial charge >= 0.3 is 5.97 Å². The van der Waals surface area contributed by atoms with E-state index in [1.165, 1.54) is 45.5 Å². The third-order valence-electron chi connectivity index (χ3n) is 6.23. The molecule has 0 bridgehead atoms. The van der Waals surface area contributed by atoms with Crippen LogP contribution in [0.1, 0.15) is 44.1 Å². The van der Waals surface area contributed by atoms with Gasteiger partial charge in [0.05, 0.1) is 12.7 Å². The quantitative estimate of drug-likeness (QED) is 0.322. The van der Waals surface area contributed by atoms with E-state index in [9.17, 15) is 4.79 Å². The van der Waals surface area contributed by atoms with Crippen molar-refractivity contribution in [2.45, 2.75) is 19.8 Å². The molecule has 1 unspecified atom stereocenters. The number of rotatable bonds is 4. The van der Waals surface area contributed by atoms with Gasteiger partial charge in [0.15, 0.2) is 0 Å². The first-order valence-electron chi connectivity index (χ1n) is 10.8. The van der Waals surface area contributed by atoms with Gasteiger partial charge in [0, 0.05) is 23.0 Å². The number of fused-ring (bicyclic) bond motifs is 2. The molecule has 0 spiro atoms. The number of aromatic amines is 1. The molecule has 158 valence electrons. The molecule has 4 aromatic carbocycles. The van der Waals surface area contributed by atoms with E-state index in [0.717, 1.165) is 11.1 Å². The topological polar surface area (TPSA) is 42.1 Å². The molecule has 1 aromatic heterocycles. The maximum atomic E-state index is 12.0. The van der Waals surface area contributed by atoms with E-state index in [1.807, 2.05) is 24.3 Å². The minimum absolute atomic E-state index is 0.0181. The smallest absolute Gasteiger partial charge is 0.337 e. The molecule has 1 N–H and O–H groups in total. The van der Waals surface area contributed by atoms with Crippen molar-refractivity contribution in [3.63, 3.8) is 0 Å². The molecule has 0 amide bonds. The zero-order valence-electron chi connectivity index (χ0n) is 18.5. The van der Waals surface area contributed by atoms with Crippen LogP contribution in [0.15, 0.2) is 85.1 Å². The highest BCUT2D eigenvalue weighted by atomic mass is 16.5. The van der Waals surface area contributed by atoms with Crippen LogP contribution in [0, 0.1) is 13.8 Å². The van der Waals surface area contributed by atoms with Crippen LogP contribution in [0.3, 0.4) is 0 Å². The Labute approximate surface area is 187 Å². The van der Waals surface area contributed by atoms with Crippen LogP contribution in [0.2, 0.25) is 0 Å². The van der Waals surface area contributed by atoms with Gasteiger partial charge in [-0.15, -0.1) is 0 Å². The first-order chi connectivity index (χ1) is 15.5. The molecule has 0 aliphatic heterocycles. The van der Waals surface area contributed by atoms with Crippen molar-refractivity contribution >= 4 is 27.6 Å². The van der Waals surface area contributed by atoms with E-state index in [2.05, 4.69) is 79.6 Å². The van der Waals surface area contributed by atoms with Gasteiger partial charge in [0.1, 0.15) is 0 Å². The molecule has 1 atom stereocenters. The molecule has 5 aromatic rings. The van der Waals surface area contributed by atoms with Gasteiger partial charge in [-0.25, -0.2) is 4.79 Å². The van der Waals surface area contributed by atoms with Crippen LogP contribution >= 0.6 is 0 Å². The van der Waals surface area contributed by atoms with Gasteiger partial charge in [-0.1, -0.05) is 66.2 Å². The van der Waals surface area contributed by atoms with Gasteiger partial charge in [-0.3, -0.25) is 0 Å². The summed E-state index contributed by atoms with van der Waals surface area (Å²) in [5, 5.41) is 3.68. The van der Waals surface area contributed by atoms with Crippen molar-refractivity contribution in [2.75, 3.05) is 7.11 Å². The second-order valence-corrected chi connectivity index (χ2v) is 8.41. The Bertz CT molecular complexity index is 1440. The van der Waals surface area contributed by atoms with Gasteiger partial charge in [-0.05, 0) is 65.1 Å². The maximum Gasteiger partial charge on any atom is 0.337 e. The molecule has 0 fully saturated rings. The van der Waals surface area contributed by atoms with E-state index in [0.29, 0.717) is 5.56 Å². The van der Waals surface area contributed by atoms with Gasteiger partial charge in [0.25, 0.3) is 0 Å². The van der Waals surface area contributed by atoms with E-state index in [1.54, 1.807) is 0 Å². The molecule has 0 aliphatic carbocycles. The lowest BCUT2D eigenvalue weighted by atomic mass is 9.82. The summed E-state index contributed by atoms with van der Waals surface area (Å²) in [7, 11) is 1.41. The summed E-state index contributed by atoms with van der Waals surface area (Å²) in [6.07, 6.45) is 2.12. The van der Waals surface area contributed by atoms with Gasteiger partial charge in [0.2, 0.25) is 0 Å². The second-order valence-electron chi connectivity index (χ2n) is 8.41. The summed E-state index contributed by atoms with van der Waals surface area (Å²) in [6, 6.07) is 27.4. The fraction of sp³-hybridized carbons (Fsp3) is 0.138. The molecule has 32 heavy (non-hydrogen) atoms. The predicted molar refractivity (Wildman–Crippen MR) is 130 cm³/mol. The Morgan fingerprint density at radius 1 is 0.812 bits per heavy atom. The van der Waals surface area contributed by atoms with E-state index < -0.39 is 0 Å². The fourth-order valence-electron chi connectivity index (χ4n) is 4.64. The molecule has 3 heteroatoms. The Morgan fingerprint density at radius 3 is 2.28 bits per heavy atom. The third kappa shape index (κ3) is 3.46. The zero-order valence-corrected chi connectivity index (χ0v) is 18.5. The van der Waals surface area contributed by atoms with Crippen molar-refractivity contribution in [3.05, 3.63) is 118 Å². The molecule has 1 heterocycles. The minimum Gasteiger partial charge on any atom is -0.465 e. The summed E-state index contributed by atoms with van der Waals surface area (Å²) >= 11 is 0. The molecule has 0 aliphatic rings. The number of methoxy groups -OCH3 is 1. The summed E-state index contributed by atoms with van der Waals surface area (Å²) in [4.78, 5) is 15.5. The van der Waals surface area contributed by atoms with Crippen molar-refractivity contribution in [3.8, 4) is 0 Å². The van der Waals surface area contributed by atoms with Crippen molar-refractivity contribution in [2.24, 2.45) is 0 Å². The first-order valence-corrected chi connectivity index (χ1v) is 10.8. The molecular weight excluding hydrogens is 394 g/mol. The van der Waals surface area contributed by atoms with Crippen LogP contribution in [0.25, 0.3) is 21.7 Å². The third-order valence-corrected chi connectivity index (χ3v) is 6.23. The van der Waals surface area contributed by atoms with E-state index in [-0.39, 0.29) is 11.9 Å². The number of benzene rings is 4. The SMILES string of the molecule is COC(=O)c1ccc(C(c2cccc3cc(C)ccc23)c2c[nH]c3cc(C)ccc23)cc1. The van der Waals surface area contributed by atoms with Crippen LogP contribution in [-0.4, -0.2) is 18.1 Å². The second kappa shape index (κ2) is 8.01. The van der Waals surface area contributed by atoms with Gasteiger partial charge < -0.3 is 9.72 Å². The number of esters is 1. The monoisotopic (exact) mass is 419 g/mol. The Balaban J connectivity index is 1.75. The lowest BCUT2D eigenvalue weighted by Crippen LogP contribution is -2.06. The summed E-state index contributed by atoms with van der Waals surface area (Å²) < 4.78 is 4.89. The van der Waals surface area contributed by atoms with Gasteiger partial charge in [-0.2, -0.15) is 0 Å².